The highest BCUT2D eigenvalue weighted by Crippen LogP contribution is 2.09. The molecule has 6 heteroatoms. The van der Waals surface area contributed by atoms with E-state index in [-0.39, 0.29) is 19.6 Å². The Kier molecular flexibility index (Phi) is 6.67. The molecule has 6 nitrogen and oxygen atoms in total. The van der Waals surface area contributed by atoms with Crippen LogP contribution in [0, 0.1) is 0 Å². The van der Waals surface area contributed by atoms with E-state index in [1.54, 1.807) is 6.92 Å². The summed E-state index contributed by atoms with van der Waals surface area (Å²) in [7, 11) is 1.49. The maximum Gasteiger partial charge on any atom is 0.323 e. The summed E-state index contributed by atoms with van der Waals surface area (Å²) in [6.07, 6.45) is 0.276. The summed E-state index contributed by atoms with van der Waals surface area (Å²) in [5.41, 5.74) is -1.18. The summed E-state index contributed by atoms with van der Waals surface area (Å²) in [5.74, 6) is -1.48. The molecule has 0 saturated carbocycles. The zero-order chi connectivity index (χ0) is 12.6. The molecule has 0 saturated heterocycles. The second-order valence-electron chi connectivity index (χ2n) is 3.54. The lowest BCUT2D eigenvalue weighted by Gasteiger charge is -2.25. The molecular formula is C10H19NO5. The number of hydrogen-bond acceptors (Lipinski definition) is 5. The van der Waals surface area contributed by atoms with Gasteiger partial charge in [-0.15, -0.1) is 0 Å². The van der Waals surface area contributed by atoms with E-state index in [1.807, 2.05) is 0 Å². The van der Waals surface area contributed by atoms with Gasteiger partial charge in [0.05, 0.1) is 13.2 Å². The smallest absolute Gasteiger partial charge is 0.323 e. The molecular weight excluding hydrogens is 214 g/mol. The molecule has 0 aliphatic heterocycles. The van der Waals surface area contributed by atoms with E-state index in [1.165, 1.54) is 14.0 Å². The Balaban J connectivity index is 4.22. The lowest BCUT2D eigenvalue weighted by atomic mass is 9.98. The van der Waals surface area contributed by atoms with Crippen molar-refractivity contribution in [1.82, 2.24) is 5.32 Å². The molecule has 0 aliphatic carbocycles. The normalized spacial score (nSPS) is 14.2. The van der Waals surface area contributed by atoms with Crippen molar-refractivity contribution in [3.05, 3.63) is 0 Å². The van der Waals surface area contributed by atoms with E-state index < -0.39 is 17.5 Å². The Bertz CT molecular complexity index is 243. The summed E-state index contributed by atoms with van der Waals surface area (Å²) in [5, 5.41) is 11.7. The van der Waals surface area contributed by atoms with E-state index in [0.717, 1.165) is 0 Å². The molecule has 0 amide bonds. The Labute approximate surface area is 94.9 Å². The minimum Gasteiger partial charge on any atom is -0.480 e. The van der Waals surface area contributed by atoms with Crippen molar-refractivity contribution in [2.45, 2.75) is 25.8 Å². The number of ether oxygens (including phenoxy) is 2. The summed E-state index contributed by atoms with van der Waals surface area (Å²) in [6.45, 7) is 3.66. The third-order valence-corrected chi connectivity index (χ3v) is 2.21. The van der Waals surface area contributed by atoms with Gasteiger partial charge in [-0.3, -0.25) is 14.9 Å². The van der Waals surface area contributed by atoms with E-state index in [2.05, 4.69) is 5.32 Å². The van der Waals surface area contributed by atoms with Crippen molar-refractivity contribution in [3.63, 3.8) is 0 Å². The number of carboxylic acid groups (broad SMARTS) is 1. The number of carbonyl (C=O) groups excluding carboxylic acids is 1. The summed E-state index contributed by atoms with van der Waals surface area (Å²) >= 11 is 0. The molecule has 0 bridgehead atoms. The molecule has 0 heterocycles. The number of nitrogens with one attached hydrogen (secondary N) is 1. The zero-order valence-corrected chi connectivity index (χ0v) is 9.91. The van der Waals surface area contributed by atoms with Crippen molar-refractivity contribution in [3.8, 4) is 0 Å². The third-order valence-electron chi connectivity index (χ3n) is 2.21. The Morgan fingerprint density at radius 1 is 1.44 bits per heavy atom. The first-order chi connectivity index (χ1) is 7.46. The number of rotatable bonds is 8. The molecule has 16 heavy (non-hydrogen) atoms. The summed E-state index contributed by atoms with van der Waals surface area (Å²) in [4.78, 5) is 22.1. The number of carbonyl (C=O) groups is 2. The largest absolute Gasteiger partial charge is 0.480 e. The van der Waals surface area contributed by atoms with Gasteiger partial charge in [-0.2, -0.15) is 0 Å². The molecule has 0 aromatic carbocycles. The van der Waals surface area contributed by atoms with Crippen molar-refractivity contribution in [2.75, 3.05) is 26.9 Å². The zero-order valence-electron chi connectivity index (χ0n) is 9.91. The van der Waals surface area contributed by atoms with Crippen LogP contribution in [0.15, 0.2) is 0 Å². The highest BCUT2D eigenvalue weighted by molar-refractivity contribution is 5.79. The van der Waals surface area contributed by atoms with E-state index in [4.69, 9.17) is 14.6 Å². The van der Waals surface area contributed by atoms with Gasteiger partial charge in [-0.25, -0.2) is 0 Å². The quantitative estimate of drug-likeness (QED) is 0.575. The Hall–Kier alpha value is -1.14. The number of methoxy groups -OCH3 is 1. The van der Waals surface area contributed by atoms with Gasteiger partial charge in [0.2, 0.25) is 0 Å². The van der Waals surface area contributed by atoms with Crippen LogP contribution in [0.2, 0.25) is 0 Å². The fourth-order valence-corrected chi connectivity index (χ4v) is 1.06. The third kappa shape index (κ3) is 5.09. The van der Waals surface area contributed by atoms with Crippen molar-refractivity contribution < 1.29 is 24.2 Å². The molecule has 1 atom stereocenters. The van der Waals surface area contributed by atoms with Crippen molar-refractivity contribution in [2.24, 2.45) is 0 Å². The standard InChI is InChI=1S/C10H19NO5/c1-4-16-8(12)7-11-10(2,9(13)14)5-6-15-3/h11H,4-7H2,1-3H3,(H,13,14). The first-order valence-electron chi connectivity index (χ1n) is 5.09. The van der Waals surface area contributed by atoms with Crippen LogP contribution in [0.25, 0.3) is 0 Å². The van der Waals surface area contributed by atoms with E-state index in [9.17, 15) is 9.59 Å². The predicted octanol–water partition coefficient (Wildman–Crippen LogP) is 0.0189. The number of carboxylic acids is 1. The van der Waals surface area contributed by atoms with Gasteiger partial charge < -0.3 is 14.6 Å². The number of aliphatic carboxylic acids is 1. The highest BCUT2D eigenvalue weighted by Gasteiger charge is 2.32. The van der Waals surface area contributed by atoms with Crippen LogP contribution < -0.4 is 5.32 Å². The van der Waals surface area contributed by atoms with Crippen LogP contribution in [0.5, 0.6) is 0 Å². The summed E-state index contributed by atoms with van der Waals surface area (Å²) < 4.78 is 9.52. The lowest BCUT2D eigenvalue weighted by Crippen LogP contribution is -2.52. The lowest BCUT2D eigenvalue weighted by molar-refractivity contribution is -0.147. The second-order valence-corrected chi connectivity index (χ2v) is 3.54. The van der Waals surface area contributed by atoms with Crippen molar-refractivity contribution in [1.29, 1.82) is 0 Å². The van der Waals surface area contributed by atoms with Crippen LogP contribution in [-0.4, -0.2) is 49.5 Å². The molecule has 94 valence electrons. The monoisotopic (exact) mass is 233 g/mol. The van der Waals surface area contributed by atoms with E-state index in [0.29, 0.717) is 6.61 Å². The topological polar surface area (TPSA) is 84.9 Å². The second kappa shape index (κ2) is 7.19. The fourth-order valence-electron chi connectivity index (χ4n) is 1.06. The first-order valence-corrected chi connectivity index (χ1v) is 5.09. The van der Waals surface area contributed by atoms with Crippen LogP contribution in [0.1, 0.15) is 20.3 Å². The molecule has 0 spiro atoms. The van der Waals surface area contributed by atoms with Gasteiger partial charge >= 0.3 is 11.9 Å². The Morgan fingerprint density at radius 3 is 2.50 bits per heavy atom. The van der Waals surface area contributed by atoms with Gasteiger partial charge in [0.25, 0.3) is 0 Å². The van der Waals surface area contributed by atoms with Crippen molar-refractivity contribution >= 4 is 11.9 Å². The highest BCUT2D eigenvalue weighted by atomic mass is 16.5. The van der Waals surface area contributed by atoms with Crippen LogP contribution >= 0.6 is 0 Å². The number of esters is 1. The number of hydrogen-bond donors (Lipinski definition) is 2. The molecule has 0 rings (SSSR count). The molecule has 0 aromatic heterocycles. The minimum atomic E-state index is -1.18. The van der Waals surface area contributed by atoms with Gasteiger partial charge in [-0.1, -0.05) is 0 Å². The predicted molar refractivity (Wildman–Crippen MR) is 57.2 cm³/mol. The molecule has 0 radical (unpaired) electrons. The summed E-state index contributed by atoms with van der Waals surface area (Å²) in [6, 6.07) is 0. The van der Waals surface area contributed by atoms with Crippen LogP contribution in [0.4, 0.5) is 0 Å². The maximum absolute atomic E-state index is 11.1. The molecule has 0 aromatic rings. The van der Waals surface area contributed by atoms with Crippen LogP contribution in [-0.2, 0) is 19.1 Å². The van der Waals surface area contributed by atoms with Gasteiger partial charge in [-0.05, 0) is 20.3 Å². The SMILES string of the molecule is CCOC(=O)CNC(C)(CCOC)C(=O)O. The maximum atomic E-state index is 11.1. The fraction of sp³-hybridized carbons (Fsp3) is 0.800. The molecule has 0 aliphatic rings. The van der Waals surface area contributed by atoms with Gasteiger partial charge in [0.15, 0.2) is 0 Å². The molecule has 1 unspecified atom stereocenters. The average Bonchev–Trinajstić information content (AvgIpc) is 2.24. The molecule has 2 N–H and O–H groups in total. The molecule has 0 fully saturated rings. The average molecular weight is 233 g/mol. The van der Waals surface area contributed by atoms with Gasteiger partial charge in [0, 0.05) is 13.7 Å². The van der Waals surface area contributed by atoms with Crippen LogP contribution in [0.3, 0.4) is 0 Å². The first kappa shape index (κ1) is 14.9. The van der Waals surface area contributed by atoms with Gasteiger partial charge in [0.1, 0.15) is 5.54 Å². The Morgan fingerprint density at radius 2 is 2.06 bits per heavy atom. The van der Waals surface area contributed by atoms with E-state index >= 15 is 0 Å². The minimum absolute atomic E-state index is 0.125.